The van der Waals surface area contributed by atoms with Crippen LogP contribution in [0.2, 0.25) is 0 Å². The Balaban J connectivity index is 1.34. The fraction of sp³-hybridized carbons (Fsp3) is 0.531. The number of hydrogen-bond acceptors (Lipinski definition) is 4. The monoisotopic (exact) mass is 547 g/mol. The van der Waals surface area contributed by atoms with Crippen LogP contribution in [0, 0.1) is 30.5 Å². The van der Waals surface area contributed by atoms with Gasteiger partial charge in [0, 0.05) is 50.4 Å². The lowest BCUT2D eigenvalue weighted by molar-refractivity contribution is -0.128. The molecule has 7 nitrogen and oxygen atoms in total. The van der Waals surface area contributed by atoms with Gasteiger partial charge in [-0.2, -0.15) is 0 Å². The molecule has 3 aromatic rings. The number of aryl methyl sites for hydroxylation is 1. The number of hydrogen-bond donors (Lipinski definition) is 1. The van der Waals surface area contributed by atoms with E-state index in [9.17, 15) is 14.0 Å². The van der Waals surface area contributed by atoms with Gasteiger partial charge in [0.1, 0.15) is 5.82 Å². The summed E-state index contributed by atoms with van der Waals surface area (Å²) in [5.74, 6) is 0.967. The molecule has 2 aromatic heterocycles. The minimum absolute atomic E-state index is 0.00285. The minimum atomic E-state index is -0.423. The molecule has 1 saturated heterocycles. The number of nitrogens with zero attached hydrogens (tertiary/aromatic N) is 4. The van der Waals surface area contributed by atoms with Crippen molar-refractivity contribution in [3.63, 3.8) is 0 Å². The Morgan fingerprint density at radius 2 is 1.88 bits per heavy atom. The molecule has 2 fully saturated rings. The molecule has 3 heterocycles. The van der Waals surface area contributed by atoms with Crippen LogP contribution in [0.25, 0.3) is 16.6 Å². The Morgan fingerprint density at radius 3 is 2.55 bits per heavy atom. The number of nitrogens with one attached hydrogen (secondary N) is 1. The van der Waals surface area contributed by atoms with Crippen molar-refractivity contribution >= 4 is 22.7 Å². The predicted octanol–water partition coefficient (Wildman–Crippen LogP) is 4.98. The van der Waals surface area contributed by atoms with Crippen LogP contribution in [0.15, 0.2) is 36.8 Å². The number of rotatable bonds is 8. The number of piperidine rings is 1. The molecule has 214 valence electrons. The van der Waals surface area contributed by atoms with Gasteiger partial charge in [-0.15, -0.1) is 0 Å². The summed E-state index contributed by atoms with van der Waals surface area (Å²) >= 11 is 0. The van der Waals surface area contributed by atoms with Crippen LogP contribution in [-0.2, 0) is 11.2 Å². The Morgan fingerprint density at radius 1 is 1.15 bits per heavy atom. The van der Waals surface area contributed by atoms with Crippen molar-refractivity contribution in [2.45, 2.75) is 58.9 Å². The van der Waals surface area contributed by atoms with Gasteiger partial charge in [0.15, 0.2) is 0 Å². The molecule has 5 rings (SSSR count). The molecule has 40 heavy (non-hydrogen) atoms. The van der Waals surface area contributed by atoms with Gasteiger partial charge >= 0.3 is 0 Å². The molecule has 1 N–H and O–H groups in total. The second-order valence-electron chi connectivity index (χ2n) is 12.1. The average Bonchev–Trinajstić information content (AvgIpc) is 3.29. The third-order valence-corrected chi connectivity index (χ3v) is 9.11. The summed E-state index contributed by atoms with van der Waals surface area (Å²) in [7, 11) is 3.48. The topological polar surface area (TPSA) is 70.5 Å². The summed E-state index contributed by atoms with van der Waals surface area (Å²) in [5, 5.41) is 3.95. The maximum absolute atomic E-state index is 14.4. The van der Waals surface area contributed by atoms with E-state index in [1.165, 1.54) is 23.1 Å². The Hall–Kier alpha value is -3.26. The van der Waals surface area contributed by atoms with Crippen molar-refractivity contribution < 1.29 is 14.0 Å². The van der Waals surface area contributed by atoms with Gasteiger partial charge in [0.25, 0.3) is 5.91 Å². The highest BCUT2D eigenvalue weighted by molar-refractivity contribution is 5.99. The zero-order valence-corrected chi connectivity index (χ0v) is 24.4. The number of fused-ring (bicyclic) bond motifs is 1. The molecule has 0 spiro atoms. The normalized spacial score (nSPS) is 20.1. The zero-order chi connectivity index (χ0) is 28.6. The molecule has 0 radical (unpaired) electrons. The number of benzene rings is 1. The number of carbonyl (C=O) groups excluding carboxylic acids is 2. The lowest BCUT2D eigenvalue weighted by Gasteiger charge is -2.40. The highest BCUT2D eigenvalue weighted by atomic mass is 19.1. The summed E-state index contributed by atoms with van der Waals surface area (Å²) in [5.41, 5.74) is 4.32. The number of aromatic nitrogens is 2. The predicted molar refractivity (Wildman–Crippen MR) is 156 cm³/mol. The maximum Gasteiger partial charge on any atom is 0.256 e. The molecule has 0 unspecified atom stereocenters. The summed E-state index contributed by atoms with van der Waals surface area (Å²) in [6.45, 7) is 9.25. The summed E-state index contributed by atoms with van der Waals surface area (Å²) < 4.78 is 16.4. The first-order chi connectivity index (χ1) is 19.2. The van der Waals surface area contributed by atoms with Gasteiger partial charge in [-0.3, -0.25) is 14.6 Å². The quantitative estimate of drug-likeness (QED) is 0.432. The van der Waals surface area contributed by atoms with E-state index in [0.29, 0.717) is 23.1 Å². The van der Waals surface area contributed by atoms with E-state index in [1.54, 1.807) is 25.1 Å². The fourth-order valence-electron chi connectivity index (χ4n) is 6.46. The third-order valence-electron chi connectivity index (χ3n) is 9.11. The largest absolute Gasteiger partial charge is 0.359 e. The van der Waals surface area contributed by atoms with Crippen LogP contribution < -0.4 is 5.32 Å². The van der Waals surface area contributed by atoms with Crippen molar-refractivity contribution in [3.05, 3.63) is 59.3 Å². The first-order valence-corrected chi connectivity index (χ1v) is 14.6. The Kier molecular flexibility index (Phi) is 8.26. The fourth-order valence-corrected chi connectivity index (χ4v) is 6.46. The molecule has 1 aliphatic carbocycles. The van der Waals surface area contributed by atoms with Crippen molar-refractivity contribution in [1.29, 1.82) is 0 Å². The first-order valence-electron chi connectivity index (χ1n) is 14.6. The van der Waals surface area contributed by atoms with Crippen LogP contribution in [0.5, 0.6) is 0 Å². The number of likely N-dealkylation sites (tertiary alicyclic amines) is 1. The molecule has 2 aliphatic rings. The lowest BCUT2D eigenvalue weighted by Crippen LogP contribution is -2.44. The van der Waals surface area contributed by atoms with E-state index >= 15 is 0 Å². The number of amides is 2. The zero-order valence-electron chi connectivity index (χ0n) is 24.4. The van der Waals surface area contributed by atoms with Crippen LogP contribution in [0.3, 0.4) is 0 Å². The molecular weight excluding hydrogens is 505 g/mol. The second-order valence-corrected chi connectivity index (χ2v) is 12.1. The van der Waals surface area contributed by atoms with E-state index in [2.05, 4.69) is 28.3 Å². The summed E-state index contributed by atoms with van der Waals surface area (Å²) in [6.07, 6.45) is 11.1. The van der Waals surface area contributed by atoms with E-state index in [4.69, 9.17) is 0 Å². The average molecular weight is 548 g/mol. The Bertz CT molecular complexity index is 1390. The van der Waals surface area contributed by atoms with Crippen LogP contribution in [0.4, 0.5) is 4.39 Å². The second kappa shape index (κ2) is 11.7. The molecule has 0 atom stereocenters. The number of pyridine rings is 1. The Labute approximate surface area is 236 Å². The minimum Gasteiger partial charge on any atom is -0.359 e. The van der Waals surface area contributed by atoms with E-state index in [1.807, 2.05) is 30.8 Å². The highest BCUT2D eigenvalue weighted by Gasteiger charge is 2.35. The third kappa shape index (κ3) is 5.64. The number of carbonyl (C=O) groups is 2. The lowest BCUT2D eigenvalue weighted by atomic mass is 9.74. The molecule has 1 saturated carbocycles. The maximum atomic E-state index is 14.4. The van der Waals surface area contributed by atoms with Gasteiger partial charge in [-0.1, -0.05) is 0 Å². The van der Waals surface area contributed by atoms with Gasteiger partial charge in [0.2, 0.25) is 5.91 Å². The van der Waals surface area contributed by atoms with Gasteiger partial charge in [-0.25, -0.2) is 4.39 Å². The van der Waals surface area contributed by atoms with E-state index < -0.39 is 5.82 Å². The van der Waals surface area contributed by atoms with E-state index in [0.717, 1.165) is 62.8 Å². The van der Waals surface area contributed by atoms with Crippen molar-refractivity contribution in [1.82, 2.24) is 24.7 Å². The van der Waals surface area contributed by atoms with Gasteiger partial charge < -0.3 is 19.7 Å². The highest BCUT2D eigenvalue weighted by Crippen LogP contribution is 2.36. The van der Waals surface area contributed by atoms with Gasteiger partial charge in [-0.05, 0) is 107 Å². The SMILES string of the molecule is CNC(=O)C1CC(CN2CCC(Cc3cn(-c4ccc(F)cc4C(=O)N(C)C(C)C)c4cncc(C)c34)CC2)C1. The van der Waals surface area contributed by atoms with Crippen molar-refractivity contribution in [2.75, 3.05) is 33.7 Å². The molecule has 1 aliphatic heterocycles. The molecule has 2 amide bonds. The van der Waals surface area contributed by atoms with Gasteiger partial charge in [0.05, 0.1) is 23.0 Å². The van der Waals surface area contributed by atoms with Crippen molar-refractivity contribution in [3.8, 4) is 5.69 Å². The van der Waals surface area contributed by atoms with Crippen LogP contribution in [0.1, 0.15) is 61.0 Å². The standard InChI is InChI=1S/C32H42FN5O2/c1-20(2)36(5)32(40)27-15-26(33)6-7-28(27)38-19-25(30-21(3)16-35-17-29(30)38)12-22-8-10-37(11-9-22)18-23-13-24(14-23)31(39)34-4/h6-7,15-17,19-20,22-24H,8-14,18H2,1-5H3,(H,34,39). The van der Waals surface area contributed by atoms with E-state index in [-0.39, 0.29) is 23.8 Å². The molecule has 1 aromatic carbocycles. The first kappa shape index (κ1) is 28.3. The van der Waals surface area contributed by atoms with Crippen LogP contribution >= 0.6 is 0 Å². The smallest absolute Gasteiger partial charge is 0.256 e. The summed E-state index contributed by atoms with van der Waals surface area (Å²) in [6, 6.07) is 4.47. The summed E-state index contributed by atoms with van der Waals surface area (Å²) in [4.78, 5) is 33.9. The molecular formula is C32H42FN5O2. The van der Waals surface area contributed by atoms with Crippen LogP contribution in [-0.4, -0.2) is 70.9 Å². The molecule has 0 bridgehead atoms. The molecule has 8 heteroatoms. The van der Waals surface area contributed by atoms with Crippen molar-refractivity contribution in [2.24, 2.45) is 17.8 Å². The number of halogens is 1.